The first kappa shape index (κ1) is 58.8. The summed E-state index contributed by atoms with van der Waals surface area (Å²) in [6, 6.07) is 141. The molecule has 2 aromatic heterocycles. The van der Waals surface area contributed by atoms with Gasteiger partial charge < -0.3 is 28.7 Å². The van der Waals surface area contributed by atoms with Gasteiger partial charge in [0.1, 0.15) is 0 Å². The molecule has 0 amide bonds. The molecule has 4 aliphatic rings. The number of hydrogen-bond donors (Lipinski definition) is 0. The average molecular weight is 1350 g/mol. The van der Waals surface area contributed by atoms with Crippen molar-refractivity contribution in [3.8, 4) is 33.6 Å². The molecule has 23 rings (SSSR count). The number of benzene rings is 17. The molecule has 0 atom stereocenters. The molecular weight excluding hydrogens is 1280 g/mol. The number of para-hydroxylation sites is 9. The number of hydrogen-bond acceptors (Lipinski definition) is 4. The fourth-order valence-electron chi connectivity index (χ4n) is 19.1. The summed E-state index contributed by atoms with van der Waals surface area (Å²) >= 11 is 0. The lowest BCUT2D eigenvalue weighted by molar-refractivity contribution is 1.17. The Morgan fingerprint density at radius 1 is 0.189 bits per heavy atom. The molecule has 0 unspecified atom stereocenters. The van der Waals surface area contributed by atoms with Crippen LogP contribution >= 0.6 is 0 Å². The number of nitrogens with zero attached hydrogens (tertiary/aromatic N) is 6. The fourth-order valence-corrected chi connectivity index (χ4v) is 19.1. The van der Waals surface area contributed by atoms with Crippen LogP contribution in [0.25, 0.3) is 98.8 Å². The number of aromatic nitrogens is 2. The minimum absolute atomic E-state index is 0.195. The van der Waals surface area contributed by atoms with Gasteiger partial charge >= 0.3 is 0 Å². The van der Waals surface area contributed by atoms with Gasteiger partial charge in [0, 0.05) is 89.8 Å². The quantitative estimate of drug-likeness (QED) is 0.112. The van der Waals surface area contributed by atoms with Crippen molar-refractivity contribution in [2.24, 2.45) is 0 Å². The first-order valence-electron chi connectivity index (χ1n) is 36.8. The van der Waals surface area contributed by atoms with Crippen molar-refractivity contribution in [3.63, 3.8) is 0 Å². The summed E-state index contributed by atoms with van der Waals surface area (Å²) in [5.41, 5.74) is 32.9. The van der Waals surface area contributed by atoms with Crippen LogP contribution < -0.4 is 52.4 Å². The molecule has 0 bridgehead atoms. The highest BCUT2D eigenvalue weighted by Gasteiger charge is 2.50. The highest BCUT2D eigenvalue weighted by Crippen LogP contribution is 2.55. The predicted molar refractivity (Wildman–Crippen MR) is 449 cm³/mol. The number of fused-ring (bicyclic) bond motifs is 18. The van der Waals surface area contributed by atoms with Crippen LogP contribution in [-0.2, 0) is 0 Å². The molecule has 6 nitrogen and oxygen atoms in total. The van der Waals surface area contributed by atoms with Gasteiger partial charge in [0.25, 0.3) is 13.4 Å². The second kappa shape index (κ2) is 22.8. The van der Waals surface area contributed by atoms with Gasteiger partial charge in [0.2, 0.25) is 0 Å². The Balaban J connectivity index is 0.830. The number of anilines is 12. The molecule has 0 radical (unpaired) electrons. The minimum atomic E-state index is -0.224. The summed E-state index contributed by atoms with van der Waals surface area (Å²) in [5, 5.41) is 9.78. The van der Waals surface area contributed by atoms with Gasteiger partial charge in [0.15, 0.2) is 0 Å². The van der Waals surface area contributed by atoms with E-state index in [-0.39, 0.29) is 13.4 Å². The van der Waals surface area contributed by atoms with Crippen molar-refractivity contribution in [2.75, 3.05) is 19.6 Å². The SMILES string of the molecule is c1ccc(-c2c3ccccc3c(-c3ccc(N4c5ccccc5B5c6cc7c(cc6N(c6ccccc6)c6cc8c(c4c65)c4ccccc4n8-c4ccccc4)N(c4ccccc4)c4cc5c(c6c4B7c4ccccc4N6c4ccccc4)c4ccccc4n5-c4ccccc4)cc3)c3ccccc23)cc1. The van der Waals surface area contributed by atoms with Crippen molar-refractivity contribution in [3.05, 3.63) is 376 Å². The number of rotatable bonds is 8. The fraction of sp³-hybridized carbons (Fsp3) is 0. The summed E-state index contributed by atoms with van der Waals surface area (Å²) in [4.78, 5) is 10.4. The van der Waals surface area contributed by atoms with Gasteiger partial charge in [-0.05, 0) is 192 Å². The van der Waals surface area contributed by atoms with Crippen LogP contribution in [0, 0.1) is 0 Å². The predicted octanol–water partition coefficient (Wildman–Crippen LogP) is 21.7. The zero-order valence-corrected chi connectivity index (χ0v) is 57.6. The van der Waals surface area contributed by atoms with E-state index in [0.29, 0.717) is 0 Å². The first-order chi connectivity index (χ1) is 52.7. The van der Waals surface area contributed by atoms with Crippen LogP contribution in [0.1, 0.15) is 0 Å². The molecule has 0 spiro atoms. The minimum Gasteiger partial charge on any atom is -0.311 e. The zero-order valence-electron chi connectivity index (χ0n) is 57.6. The van der Waals surface area contributed by atoms with E-state index >= 15 is 0 Å². The van der Waals surface area contributed by atoms with E-state index in [2.05, 4.69) is 405 Å². The molecular formula is C98H62B2N6. The van der Waals surface area contributed by atoms with Gasteiger partial charge in [-0.25, -0.2) is 0 Å². The van der Waals surface area contributed by atoms with Crippen molar-refractivity contribution in [1.82, 2.24) is 9.13 Å². The summed E-state index contributed by atoms with van der Waals surface area (Å²) in [6.45, 7) is -0.419. The van der Waals surface area contributed by atoms with E-state index in [1.807, 2.05) is 0 Å². The molecule has 17 aromatic carbocycles. The highest BCUT2D eigenvalue weighted by molar-refractivity contribution is 7.03. The van der Waals surface area contributed by atoms with E-state index < -0.39 is 0 Å². The Hall–Kier alpha value is -13.8. The summed E-state index contributed by atoms with van der Waals surface area (Å²) < 4.78 is 5.01. The Morgan fingerprint density at radius 3 is 0.906 bits per heavy atom. The van der Waals surface area contributed by atoms with Gasteiger partial charge in [-0.1, -0.05) is 261 Å². The molecule has 0 aliphatic carbocycles. The largest absolute Gasteiger partial charge is 0.311 e. The molecule has 0 saturated heterocycles. The highest BCUT2D eigenvalue weighted by atomic mass is 15.2. The summed E-state index contributed by atoms with van der Waals surface area (Å²) in [6.07, 6.45) is 0. The normalized spacial score (nSPS) is 13.2. The van der Waals surface area contributed by atoms with Gasteiger partial charge in [-0.15, -0.1) is 0 Å². The lowest BCUT2D eigenvalue weighted by Gasteiger charge is -2.47. The lowest BCUT2D eigenvalue weighted by Crippen LogP contribution is -2.65. The van der Waals surface area contributed by atoms with Crippen LogP contribution in [0.2, 0.25) is 0 Å². The Bertz CT molecular complexity index is 6790. The van der Waals surface area contributed by atoms with Crippen molar-refractivity contribution in [2.45, 2.75) is 0 Å². The van der Waals surface area contributed by atoms with E-state index in [1.165, 1.54) is 115 Å². The molecule has 8 heteroatoms. The van der Waals surface area contributed by atoms with Gasteiger partial charge in [-0.3, -0.25) is 0 Å². The van der Waals surface area contributed by atoms with E-state index in [9.17, 15) is 0 Å². The maximum absolute atomic E-state index is 2.67. The molecule has 0 N–H and O–H groups in total. The lowest BCUT2D eigenvalue weighted by atomic mass is 9.30. The standard InChI is InChI=1S/C98H62B2N6/c1-7-31-63(32-8-1)91-71-43-19-21-45-73(71)92(74-46-22-20-44-72(74)91)64-55-57-70(58-56-64)106-84-54-30-26-50-78(84)100-80-59-79-85(60-86(80)104(68-39-15-5-16-40-68)90-62-88-94(98(106)96(90)100)76-48-24-28-52-82(76)102(88)66-35-11-3-12-36-66)103(67-37-13-4-14-38-67)89-61-87-93(75-47-23-27-51-81(75)101(87)65-33-9-2-10-34-65)97-95(89)99(79)77-49-25-29-53-83(77)105(97)69-41-17-6-18-42-69/h1-62H. The Kier molecular flexibility index (Phi) is 12.7. The Morgan fingerprint density at radius 2 is 0.500 bits per heavy atom. The second-order valence-corrected chi connectivity index (χ2v) is 28.5. The molecule has 106 heavy (non-hydrogen) atoms. The summed E-state index contributed by atoms with van der Waals surface area (Å²) in [7, 11) is 0. The van der Waals surface area contributed by atoms with Crippen LogP contribution in [0.4, 0.5) is 68.2 Å². The van der Waals surface area contributed by atoms with Crippen LogP contribution in [0.3, 0.4) is 0 Å². The molecule has 19 aromatic rings. The maximum atomic E-state index is 2.67. The second-order valence-electron chi connectivity index (χ2n) is 28.5. The smallest absolute Gasteiger partial charge is 0.252 e. The molecule has 0 fully saturated rings. The van der Waals surface area contributed by atoms with E-state index in [0.717, 1.165) is 84.6 Å². The molecule has 490 valence electrons. The maximum Gasteiger partial charge on any atom is 0.252 e. The van der Waals surface area contributed by atoms with Gasteiger partial charge in [-0.2, -0.15) is 0 Å². The topological polar surface area (TPSA) is 22.8 Å². The molecule has 0 saturated carbocycles. The van der Waals surface area contributed by atoms with Crippen molar-refractivity contribution < 1.29 is 0 Å². The van der Waals surface area contributed by atoms with Crippen LogP contribution in [0.5, 0.6) is 0 Å². The third kappa shape index (κ3) is 8.29. The van der Waals surface area contributed by atoms with Gasteiger partial charge in [0.05, 0.1) is 33.4 Å². The molecule has 6 heterocycles. The first-order valence-corrected chi connectivity index (χ1v) is 36.8. The van der Waals surface area contributed by atoms with E-state index in [4.69, 9.17) is 0 Å². The Labute approximate surface area is 614 Å². The monoisotopic (exact) mass is 1340 g/mol. The third-order valence-corrected chi connectivity index (χ3v) is 23.1. The van der Waals surface area contributed by atoms with Crippen LogP contribution in [0.15, 0.2) is 376 Å². The van der Waals surface area contributed by atoms with Crippen LogP contribution in [-0.4, -0.2) is 22.6 Å². The third-order valence-electron chi connectivity index (χ3n) is 23.1. The van der Waals surface area contributed by atoms with Crippen molar-refractivity contribution in [1.29, 1.82) is 0 Å². The molecule has 4 aliphatic heterocycles. The summed E-state index contributed by atoms with van der Waals surface area (Å²) in [5.74, 6) is 0. The van der Waals surface area contributed by atoms with E-state index in [1.54, 1.807) is 0 Å². The van der Waals surface area contributed by atoms with Crippen molar-refractivity contribution >= 4 is 180 Å². The zero-order chi connectivity index (χ0) is 69.2. The average Bonchev–Trinajstić information content (AvgIpc) is 1.20.